The lowest BCUT2D eigenvalue weighted by atomic mass is 10.1. The normalized spacial score (nSPS) is 13.2. The molecule has 3 rings (SSSR count). The Bertz CT molecular complexity index is 914. The van der Waals surface area contributed by atoms with Crippen LogP contribution in [0.5, 0.6) is 0 Å². The maximum Gasteiger partial charge on any atom is 0.261 e. The van der Waals surface area contributed by atoms with E-state index in [9.17, 15) is 23.2 Å². The van der Waals surface area contributed by atoms with Gasteiger partial charge in [0, 0.05) is 12.7 Å². The van der Waals surface area contributed by atoms with Gasteiger partial charge in [0.2, 0.25) is 0 Å². The van der Waals surface area contributed by atoms with Crippen LogP contribution >= 0.6 is 11.6 Å². The highest BCUT2D eigenvalue weighted by Gasteiger charge is 2.32. The molecule has 8 heteroatoms. The van der Waals surface area contributed by atoms with Gasteiger partial charge in [0.15, 0.2) is 11.6 Å². The van der Waals surface area contributed by atoms with Crippen LogP contribution in [0.1, 0.15) is 31.1 Å². The smallest absolute Gasteiger partial charge is 0.261 e. The van der Waals surface area contributed by atoms with Crippen LogP contribution in [0, 0.1) is 11.6 Å². The molecule has 0 saturated carbocycles. The van der Waals surface area contributed by atoms with Gasteiger partial charge in [0.25, 0.3) is 17.7 Å². The number of carbonyl (C=O) groups excluding carboxylic acids is 3. The number of rotatable bonds is 2. The summed E-state index contributed by atoms with van der Waals surface area (Å²) < 4.78 is 26.3. The van der Waals surface area contributed by atoms with Crippen LogP contribution < -0.4 is 5.32 Å². The Balaban J connectivity index is 1.91. The summed E-state index contributed by atoms with van der Waals surface area (Å²) in [7, 11) is 1.35. The average molecular weight is 351 g/mol. The number of imide groups is 1. The minimum atomic E-state index is -1.21. The van der Waals surface area contributed by atoms with Gasteiger partial charge >= 0.3 is 0 Å². The molecule has 3 amide bonds. The van der Waals surface area contributed by atoms with E-state index in [2.05, 4.69) is 5.32 Å². The number of benzene rings is 2. The molecule has 5 nitrogen and oxygen atoms in total. The van der Waals surface area contributed by atoms with E-state index >= 15 is 0 Å². The molecule has 1 heterocycles. The van der Waals surface area contributed by atoms with E-state index in [4.69, 9.17) is 11.6 Å². The van der Waals surface area contributed by atoms with Crippen molar-refractivity contribution in [2.75, 3.05) is 12.4 Å². The van der Waals surface area contributed by atoms with Crippen molar-refractivity contribution >= 4 is 35.0 Å². The molecule has 0 spiro atoms. The van der Waals surface area contributed by atoms with Gasteiger partial charge in [-0.3, -0.25) is 19.3 Å². The number of carbonyl (C=O) groups is 3. The molecule has 1 aliphatic heterocycles. The first-order valence-corrected chi connectivity index (χ1v) is 7.09. The third-order valence-corrected chi connectivity index (χ3v) is 3.91. The van der Waals surface area contributed by atoms with Crippen molar-refractivity contribution in [1.82, 2.24) is 4.90 Å². The van der Waals surface area contributed by atoms with Gasteiger partial charge in [-0.15, -0.1) is 0 Å². The maximum atomic E-state index is 13.3. The van der Waals surface area contributed by atoms with Crippen LogP contribution in [0.15, 0.2) is 30.3 Å². The van der Waals surface area contributed by atoms with E-state index < -0.39 is 29.4 Å². The highest BCUT2D eigenvalue weighted by molar-refractivity contribution is 6.34. The summed E-state index contributed by atoms with van der Waals surface area (Å²) in [6.45, 7) is 0. The first kappa shape index (κ1) is 16.1. The van der Waals surface area contributed by atoms with Gasteiger partial charge in [-0.1, -0.05) is 11.6 Å². The molecule has 24 heavy (non-hydrogen) atoms. The first-order valence-electron chi connectivity index (χ1n) is 6.72. The molecular formula is C16H9ClF2N2O3. The number of anilines is 1. The van der Waals surface area contributed by atoms with Gasteiger partial charge in [0.05, 0.1) is 21.7 Å². The molecule has 122 valence electrons. The first-order chi connectivity index (χ1) is 11.3. The number of fused-ring (bicyclic) bond motifs is 1. The molecule has 0 aliphatic carbocycles. The second kappa shape index (κ2) is 5.68. The summed E-state index contributed by atoms with van der Waals surface area (Å²) in [6, 6.07) is 5.55. The molecular weight excluding hydrogens is 342 g/mol. The highest BCUT2D eigenvalue weighted by Crippen LogP contribution is 2.26. The largest absolute Gasteiger partial charge is 0.322 e. The lowest BCUT2D eigenvalue weighted by Crippen LogP contribution is -2.24. The van der Waals surface area contributed by atoms with Crippen LogP contribution in [0.3, 0.4) is 0 Å². The van der Waals surface area contributed by atoms with Gasteiger partial charge in [0.1, 0.15) is 0 Å². The van der Waals surface area contributed by atoms with E-state index in [1.165, 1.54) is 25.2 Å². The fourth-order valence-corrected chi connectivity index (χ4v) is 2.57. The summed E-state index contributed by atoms with van der Waals surface area (Å²) in [5, 5.41) is 2.18. The summed E-state index contributed by atoms with van der Waals surface area (Å²) in [5.74, 6) is -4.07. The summed E-state index contributed by atoms with van der Waals surface area (Å²) in [5.41, 5.74) is 0.342. The van der Waals surface area contributed by atoms with Crippen LogP contribution in [-0.2, 0) is 0 Å². The molecule has 0 saturated heterocycles. The highest BCUT2D eigenvalue weighted by atomic mass is 35.5. The SMILES string of the molecule is CN1C(=O)c2ccc(NC(=O)c3cc(F)c(F)cc3Cl)cc2C1=O. The number of amides is 3. The lowest BCUT2D eigenvalue weighted by molar-refractivity contribution is 0.0692. The fourth-order valence-electron chi connectivity index (χ4n) is 2.33. The Morgan fingerprint density at radius 1 is 1.04 bits per heavy atom. The van der Waals surface area contributed by atoms with Crippen LogP contribution in [0.4, 0.5) is 14.5 Å². The second-order valence-electron chi connectivity index (χ2n) is 5.13. The second-order valence-corrected chi connectivity index (χ2v) is 5.54. The standard InChI is InChI=1S/C16H9ClF2N2O3/c1-21-15(23)8-3-2-7(4-9(8)16(21)24)20-14(22)10-5-12(18)13(19)6-11(10)17/h2-6H,1H3,(H,20,22). The van der Waals surface area contributed by atoms with E-state index in [0.29, 0.717) is 12.1 Å². The summed E-state index contributed by atoms with van der Waals surface area (Å²) in [4.78, 5) is 36.9. The van der Waals surface area contributed by atoms with Crippen molar-refractivity contribution in [1.29, 1.82) is 0 Å². The average Bonchev–Trinajstić information content (AvgIpc) is 2.75. The maximum absolute atomic E-state index is 13.3. The monoisotopic (exact) mass is 350 g/mol. The summed E-state index contributed by atoms with van der Waals surface area (Å²) in [6.07, 6.45) is 0. The van der Waals surface area contributed by atoms with Gasteiger partial charge in [-0.05, 0) is 30.3 Å². The minimum absolute atomic E-state index is 0.150. The summed E-state index contributed by atoms with van der Waals surface area (Å²) >= 11 is 5.74. The molecule has 0 bridgehead atoms. The van der Waals surface area contributed by atoms with Gasteiger partial charge < -0.3 is 5.32 Å². The van der Waals surface area contributed by atoms with Crippen molar-refractivity contribution in [3.8, 4) is 0 Å². The number of hydrogen-bond acceptors (Lipinski definition) is 3. The topological polar surface area (TPSA) is 66.5 Å². The zero-order valence-corrected chi connectivity index (χ0v) is 12.9. The molecule has 0 atom stereocenters. The number of hydrogen-bond donors (Lipinski definition) is 1. The van der Waals surface area contributed by atoms with E-state index in [0.717, 1.165) is 4.90 Å². The molecule has 0 radical (unpaired) electrons. The zero-order valence-electron chi connectivity index (χ0n) is 12.2. The number of nitrogens with one attached hydrogen (secondary N) is 1. The number of halogens is 3. The van der Waals surface area contributed by atoms with Crippen LogP contribution in [-0.4, -0.2) is 29.7 Å². The molecule has 0 fully saturated rings. The van der Waals surface area contributed by atoms with E-state index in [1.54, 1.807) is 0 Å². The predicted molar refractivity (Wildman–Crippen MR) is 82.2 cm³/mol. The van der Waals surface area contributed by atoms with Crippen molar-refractivity contribution in [3.05, 3.63) is 63.7 Å². The van der Waals surface area contributed by atoms with Crippen LogP contribution in [0.25, 0.3) is 0 Å². The van der Waals surface area contributed by atoms with Crippen molar-refractivity contribution in [3.63, 3.8) is 0 Å². The fraction of sp³-hybridized carbons (Fsp3) is 0.0625. The Morgan fingerprint density at radius 3 is 2.38 bits per heavy atom. The lowest BCUT2D eigenvalue weighted by Gasteiger charge is -2.08. The molecule has 1 aliphatic rings. The molecule has 0 unspecified atom stereocenters. The van der Waals surface area contributed by atoms with Crippen molar-refractivity contribution in [2.24, 2.45) is 0 Å². The van der Waals surface area contributed by atoms with Gasteiger partial charge in [-0.25, -0.2) is 8.78 Å². The van der Waals surface area contributed by atoms with Crippen molar-refractivity contribution < 1.29 is 23.2 Å². The third-order valence-electron chi connectivity index (χ3n) is 3.60. The van der Waals surface area contributed by atoms with Gasteiger partial charge in [-0.2, -0.15) is 0 Å². The Hall–Kier alpha value is -2.80. The molecule has 2 aromatic carbocycles. The minimum Gasteiger partial charge on any atom is -0.322 e. The number of nitrogens with zero attached hydrogens (tertiary/aromatic N) is 1. The quantitative estimate of drug-likeness (QED) is 0.668. The molecule has 2 aromatic rings. The molecule has 0 aromatic heterocycles. The van der Waals surface area contributed by atoms with Crippen LogP contribution in [0.2, 0.25) is 5.02 Å². The Labute approximate surface area is 139 Å². The zero-order chi connectivity index (χ0) is 17.6. The Morgan fingerprint density at radius 2 is 1.67 bits per heavy atom. The predicted octanol–water partition coefficient (Wildman–Crippen LogP) is 3.10. The third kappa shape index (κ3) is 2.52. The van der Waals surface area contributed by atoms with E-state index in [-0.39, 0.29) is 27.4 Å². The Kier molecular flexibility index (Phi) is 3.81. The van der Waals surface area contributed by atoms with E-state index in [1.807, 2.05) is 0 Å². The van der Waals surface area contributed by atoms with Crippen molar-refractivity contribution in [2.45, 2.75) is 0 Å². The molecule has 1 N–H and O–H groups in total.